The quantitative estimate of drug-likeness (QED) is 0.167. The molecule has 1 aromatic rings. The van der Waals surface area contributed by atoms with Gasteiger partial charge in [0, 0.05) is 32.7 Å². The van der Waals surface area contributed by atoms with Crippen molar-refractivity contribution in [2.75, 3.05) is 39.3 Å². The van der Waals surface area contributed by atoms with Crippen LogP contribution in [-0.2, 0) is 30.5 Å². The first kappa shape index (κ1) is 30.4. The van der Waals surface area contributed by atoms with E-state index in [2.05, 4.69) is 10.6 Å². The highest BCUT2D eigenvalue weighted by Crippen LogP contribution is 2.08. The van der Waals surface area contributed by atoms with Crippen molar-refractivity contribution in [3.8, 4) is 0 Å². The molecule has 1 aliphatic heterocycles. The number of carbonyl (C=O) groups is 4. The average molecular weight is 535 g/mol. The first-order valence-electron chi connectivity index (χ1n) is 12.6. The van der Waals surface area contributed by atoms with Gasteiger partial charge in [0.2, 0.25) is 11.8 Å². The molecule has 38 heavy (non-hydrogen) atoms. The van der Waals surface area contributed by atoms with E-state index in [-0.39, 0.29) is 45.0 Å². The first-order valence-corrected chi connectivity index (χ1v) is 12.6. The van der Waals surface area contributed by atoms with E-state index in [1.165, 1.54) is 4.90 Å². The second-order valence-corrected chi connectivity index (χ2v) is 8.91. The third kappa shape index (κ3) is 11.0. The van der Waals surface area contributed by atoms with Crippen molar-refractivity contribution in [2.24, 2.45) is 5.73 Å². The SMILES string of the molecule is CCCCN(CCC(=O)O)C(=O)[C@H](CC(=O)NCC1CN(C(=N)N)CCO1)NC(=O)OCc1ccccc1. The van der Waals surface area contributed by atoms with Crippen molar-refractivity contribution in [3.05, 3.63) is 35.9 Å². The molecule has 2 rings (SSSR count). The minimum atomic E-state index is -1.26. The molecule has 0 aromatic heterocycles. The number of unbranched alkanes of at least 4 members (excludes halogenated alkanes) is 1. The molecule has 13 nitrogen and oxygen atoms in total. The zero-order valence-corrected chi connectivity index (χ0v) is 21.7. The van der Waals surface area contributed by atoms with Gasteiger partial charge in [0.25, 0.3) is 0 Å². The molecule has 0 spiro atoms. The van der Waals surface area contributed by atoms with Gasteiger partial charge in [0.05, 0.1) is 25.6 Å². The Morgan fingerprint density at radius 3 is 2.66 bits per heavy atom. The Morgan fingerprint density at radius 2 is 2.00 bits per heavy atom. The molecule has 0 bridgehead atoms. The predicted octanol–water partition coefficient (Wildman–Crippen LogP) is 0.485. The average Bonchev–Trinajstić information content (AvgIpc) is 2.90. The number of rotatable bonds is 14. The van der Waals surface area contributed by atoms with Gasteiger partial charge in [-0.2, -0.15) is 0 Å². The normalized spacial score (nSPS) is 15.7. The van der Waals surface area contributed by atoms with Gasteiger partial charge < -0.3 is 40.7 Å². The molecule has 210 valence electrons. The Balaban J connectivity index is 2.04. The van der Waals surface area contributed by atoms with Crippen LogP contribution in [0.25, 0.3) is 0 Å². The Morgan fingerprint density at radius 1 is 1.26 bits per heavy atom. The molecular weight excluding hydrogens is 496 g/mol. The molecule has 1 aromatic carbocycles. The van der Waals surface area contributed by atoms with E-state index in [0.717, 1.165) is 12.0 Å². The van der Waals surface area contributed by atoms with Gasteiger partial charge in [0.1, 0.15) is 12.6 Å². The number of morpholine rings is 1. The number of aliphatic carboxylic acids is 1. The van der Waals surface area contributed by atoms with Gasteiger partial charge in [-0.05, 0) is 12.0 Å². The minimum absolute atomic E-state index is 0.0238. The Kier molecular flexibility index (Phi) is 12.8. The van der Waals surface area contributed by atoms with E-state index >= 15 is 0 Å². The third-order valence-electron chi connectivity index (χ3n) is 5.89. The fourth-order valence-electron chi connectivity index (χ4n) is 3.79. The van der Waals surface area contributed by atoms with Crippen molar-refractivity contribution >= 4 is 29.8 Å². The number of amides is 3. The predicted molar refractivity (Wildman–Crippen MR) is 138 cm³/mol. The maximum absolute atomic E-state index is 13.3. The van der Waals surface area contributed by atoms with E-state index in [9.17, 15) is 19.2 Å². The van der Waals surface area contributed by atoms with Crippen LogP contribution in [0.5, 0.6) is 0 Å². The minimum Gasteiger partial charge on any atom is -0.481 e. The number of carboxylic acids is 1. The van der Waals surface area contributed by atoms with Crippen LogP contribution < -0.4 is 16.4 Å². The summed E-state index contributed by atoms with van der Waals surface area (Å²) >= 11 is 0. The van der Waals surface area contributed by atoms with Crippen LogP contribution in [-0.4, -0.2) is 96.2 Å². The summed E-state index contributed by atoms with van der Waals surface area (Å²) in [5.74, 6) is -2.22. The summed E-state index contributed by atoms with van der Waals surface area (Å²) in [6.45, 7) is 3.44. The highest BCUT2D eigenvalue weighted by atomic mass is 16.5. The number of nitrogens with zero attached hydrogens (tertiary/aromatic N) is 2. The molecule has 3 amide bonds. The zero-order valence-electron chi connectivity index (χ0n) is 21.7. The Bertz CT molecular complexity index is 945. The molecule has 1 unspecified atom stereocenters. The maximum atomic E-state index is 13.3. The number of benzene rings is 1. The molecule has 0 aliphatic carbocycles. The maximum Gasteiger partial charge on any atom is 0.408 e. The van der Waals surface area contributed by atoms with Crippen LogP contribution in [0.2, 0.25) is 0 Å². The second kappa shape index (κ2) is 16.1. The fraction of sp³-hybridized carbons (Fsp3) is 0.560. The number of hydrogen-bond acceptors (Lipinski definition) is 7. The molecule has 1 aliphatic rings. The van der Waals surface area contributed by atoms with E-state index in [1.54, 1.807) is 29.2 Å². The van der Waals surface area contributed by atoms with Gasteiger partial charge >= 0.3 is 12.1 Å². The van der Waals surface area contributed by atoms with Crippen molar-refractivity contribution < 1.29 is 33.8 Å². The van der Waals surface area contributed by atoms with Gasteiger partial charge in [0.15, 0.2) is 5.96 Å². The number of hydrogen-bond donors (Lipinski definition) is 5. The number of alkyl carbamates (subject to hydrolysis) is 1. The van der Waals surface area contributed by atoms with Crippen molar-refractivity contribution in [3.63, 3.8) is 0 Å². The largest absolute Gasteiger partial charge is 0.481 e. The summed E-state index contributed by atoms with van der Waals surface area (Å²) < 4.78 is 10.8. The topological polar surface area (TPSA) is 187 Å². The van der Waals surface area contributed by atoms with Crippen LogP contribution in [0.3, 0.4) is 0 Å². The summed E-state index contributed by atoms with van der Waals surface area (Å²) in [4.78, 5) is 52.8. The lowest BCUT2D eigenvalue weighted by molar-refractivity contribution is -0.140. The van der Waals surface area contributed by atoms with E-state index < -0.39 is 36.0 Å². The van der Waals surface area contributed by atoms with Crippen LogP contribution in [0, 0.1) is 5.41 Å². The number of nitrogens with two attached hydrogens (primary N) is 1. The van der Waals surface area contributed by atoms with Crippen LogP contribution in [0.15, 0.2) is 30.3 Å². The lowest BCUT2D eigenvalue weighted by Gasteiger charge is -2.33. The lowest BCUT2D eigenvalue weighted by atomic mass is 10.1. The monoisotopic (exact) mass is 534 g/mol. The summed E-state index contributed by atoms with van der Waals surface area (Å²) in [6.07, 6.45) is -0.509. The van der Waals surface area contributed by atoms with Crippen LogP contribution in [0.4, 0.5) is 4.79 Å². The highest BCUT2D eigenvalue weighted by Gasteiger charge is 2.30. The highest BCUT2D eigenvalue weighted by molar-refractivity contribution is 5.91. The summed E-state index contributed by atoms with van der Waals surface area (Å²) in [6, 6.07) is 7.73. The molecule has 0 radical (unpaired) electrons. The summed E-state index contributed by atoms with van der Waals surface area (Å²) in [5.41, 5.74) is 6.29. The first-order chi connectivity index (χ1) is 18.2. The summed E-state index contributed by atoms with van der Waals surface area (Å²) in [5, 5.41) is 21.8. The number of carbonyl (C=O) groups excluding carboxylic acids is 3. The van der Waals surface area contributed by atoms with Crippen LogP contribution >= 0.6 is 0 Å². The second-order valence-electron chi connectivity index (χ2n) is 8.91. The standard InChI is InChI=1S/C25H38N6O7/c1-2-3-10-30(11-9-22(33)34)23(35)20(29-25(36)38-17-18-7-5-4-6-8-18)14-21(32)28-15-19-16-31(24(26)27)12-13-37-19/h4-8,19-20H,2-3,9-17H2,1H3,(H3,26,27)(H,28,32)(H,29,36)(H,33,34)/t19?,20-/m0/s1. The molecule has 2 atom stereocenters. The molecular formula is C25H38N6O7. The van der Waals surface area contributed by atoms with Crippen molar-refractivity contribution in [2.45, 2.75) is 51.4 Å². The third-order valence-corrected chi connectivity index (χ3v) is 5.89. The molecule has 1 fully saturated rings. The molecule has 13 heteroatoms. The Labute approximate surface area is 222 Å². The molecule has 1 heterocycles. The molecule has 0 saturated carbocycles. The van der Waals surface area contributed by atoms with Crippen molar-refractivity contribution in [1.82, 2.24) is 20.4 Å². The van der Waals surface area contributed by atoms with E-state index in [1.807, 2.05) is 13.0 Å². The summed E-state index contributed by atoms with van der Waals surface area (Å²) in [7, 11) is 0. The van der Waals surface area contributed by atoms with E-state index in [0.29, 0.717) is 26.1 Å². The van der Waals surface area contributed by atoms with Gasteiger partial charge in [-0.3, -0.25) is 19.8 Å². The molecule has 6 N–H and O–H groups in total. The zero-order chi connectivity index (χ0) is 27.9. The Hall–Kier alpha value is -3.87. The van der Waals surface area contributed by atoms with Crippen LogP contribution in [0.1, 0.15) is 38.2 Å². The number of guanidine groups is 1. The van der Waals surface area contributed by atoms with E-state index in [4.69, 9.17) is 25.7 Å². The van der Waals surface area contributed by atoms with Gasteiger partial charge in [-0.1, -0.05) is 43.7 Å². The van der Waals surface area contributed by atoms with Gasteiger partial charge in [-0.15, -0.1) is 0 Å². The lowest BCUT2D eigenvalue weighted by Crippen LogP contribution is -2.53. The van der Waals surface area contributed by atoms with Crippen molar-refractivity contribution in [1.29, 1.82) is 5.41 Å². The fourth-order valence-corrected chi connectivity index (χ4v) is 3.79. The number of ether oxygens (including phenoxy) is 2. The smallest absolute Gasteiger partial charge is 0.408 e. The number of carboxylic acid groups (broad SMARTS) is 1. The number of nitrogens with one attached hydrogen (secondary N) is 3. The van der Waals surface area contributed by atoms with Gasteiger partial charge in [-0.25, -0.2) is 4.79 Å². The molecule has 1 saturated heterocycles.